The van der Waals surface area contributed by atoms with Crippen molar-refractivity contribution < 1.29 is 4.79 Å². The minimum absolute atomic E-state index is 0.0806. The van der Waals surface area contributed by atoms with Gasteiger partial charge in [0.1, 0.15) is 5.84 Å². The maximum Gasteiger partial charge on any atom is 0.256 e. The van der Waals surface area contributed by atoms with Crippen molar-refractivity contribution in [3.8, 4) is 0 Å². The number of hydrogen-bond donors (Lipinski definition) is 1. The van der Waals surface area contributed by atoms with E-state index in [0.717, 1.165) is 11.3 Å². The molecule has 0 fully saturated rings. The van der Waals surface area contributed by atoms with Gasteiger partial charge >= 0.3 is 0 Å². The number of hydrogen-bond acceptors (Lipinski definition) is 2. The summed E-state index contributed by atoms with van der Waals surface area (Å²) in [6, 6.07) is 15.6. The largest absolute Gasteiger partial charge is 0.310 e. The molecule has 0 unspecified atom stereocenters. The number of aliphatic imine (C=N–C) groups is 1. The Morgan fingerprint density at radius 3 is 2.17 bits per heavy atom. The summed E-state index contributed by atoms with van der Waals surface area (Å²) in [7, 11) is 0. The van der Waals surface area contributed by atoms with E-state index < -0.39 is 0 Å². The second kappa shape index (κ2) is 6.78. The second-order valence-corrected chi connectivity index (χ2v) is 6.77. The van der Waals surface area contributed by atoms with Gasteiger partial charge in [-0.2, -0.15) is 0 Å². The normalized spacial score (nSPS) is 12.1. The number of benzene rings is 2. The van der Waals surface area contributed by atoms with Gasteiger partial charge in [-0.25, -0.2) is 4.99 Å². The summed E-state index contributed by atoms with van der Waals surface area (Å²) in [4.78, 5) is 16.8. The van der Waals surface area contributed by atoms with Gasteiger partial charge in [-0.1, -0.05) is 51.1 Å². The van der Waals surface area contributed by atoms with Crippen LogP contribution in [0, 0.1) is 6.92 Å². The van der Waals surface area contributed by atoms with E-state index in [4.69, 9.17) is 0 Å². The van der Waals surface area contributed by atoms with Crippen molar-refractivity contribution in [1.29, 1.82) is 0 Å². The number of carbonyl (C=O) groups excluding carboxylic acids is 1. The molecule has 2 rings (SSSR count). The van der Waals surface area contributed by atoms with E-state index in [2.05, 4.69) is 31.1 Å². The lowest BCUT2D eigenvalue weighted by molar-refractivity contribution is 0.0977. The van der Waals surface area contributed by atoms with Gasteiger partial charge in [-0.15, -0.1) is 0 Å². The smallest absolute Gasteiger partial charge is 0.256 e. The molecule has 1 N–H and O–H groups in total. The molecular formula is C20H24N2O. The highest BCUT2D eigenvalue weighted by Crippen LogP contribution is 2.22. The van der Waals surface area contributed by atoms with Crippen molar-refractivity contribution in [3.63, 3.8) is 0 Å². The summed E-state index contributed by atoms with van der Waals surface area (Å²) in [6.45, 7) is 10.3. The standard InChI is InChI=1S/C20H24N2O/c1-14-8-6-7-9-18(14)21-15(2)22-19(23)16-10-12-17(13-11-16)20(3,4)5/h6-13H,1-5H3,(H,21,22,23). The molecular weight excluding hydrogens is 284 g/mol. The third kappa shape index (κ3) is 4.52. The summed E-state index contributed by atoms with van der Waals surface area (Å²) in [6.07, 6.45) is 0. The van der Waals surface area contributed by atoms with E-state index in [9.17, 15) is 4.79 Å². The molecule has 2 aromatic rings. The maximum absolute atomic E-state index is 12.3. The molecule has 0 aliphatic rings. The first-order valence-corrected chi connectivity index (χ1v) is 7.80. The lowest BCUT2D eigenvalue weighted by Crippen LogP contribution is -2.28. The Hall–Kier alpha value is -2.42. The van der Waals surface area contributed by atoms with Crippen LogP contribution in [-0.4, -0.2) is 11.7 Å². The first-order chi connectivity index (χ1) is 10.8. The fourth-order valence-electron chi connectivity index (χ4n) is 2.26. The third-order valence-corrected chi connectivity index (χ3v) is 3.71. The van der Waals surface area contributed by atoms with Crippen LogP contribution in [0.3, 0.4) is 0 Å². The molecule has 0 radical (unpaired) electrons. The van der Waals surface area contributed by atoms with Gasteiger partial charge in [-0.05, 0) is 48.6 Å². The fourth-order valence-corrected chi connectivity index (χ4v) is 2.26. The molecule has 0 spiro atoms. The number of nitrogens with zero attached hydrogens (tertiary/aromatic N) is 1. The first-order valence-electron chi connectivity index (χ1n) is 7.80. The van der Waals surface area contributed by atoms with Gasteiger partial charge < -0.3 is 5.32 Å². The van der Waals surface area contributed by atoms with Crippen molar-refractivity contribution in [2.24, 2.45) is 4.99 Å². The number of amides is 1. The number of amidine groups is 1. The molecule has 2 aromatic carbocycles. The van der Waals surface area contributed by atoms with Crippen LogP contribution in [0.2, 0.25) is 0 Å². The molecule has 0 aliphatic heterocycles. The van der Waals surface area contributed by atoms with Gasteiger partial charge in [0.15, 0.2) is 0 Å². The van der Waals surface area contributed by atoms with Crippen molar-refractivity contribution in [3.05, 3.63) is 65.2 Å². The molecule has 0 saturated carbocycles. The summed E-state index contributed by atoms with van der Waals surface area (Å²) in [5.41, 5.74) is 3.87. The lowest BCUT2D eigenvalue weighted by Gasteiger charge is -2.19. The zero-order valence-electron chi connectivity index (χ0n) is 14.5. The topological polar surface area (TPSA) is 41.5 Å². The highest BCUT2D eigenvalue weighted by Gasteiger charge is 2.14. The van der Waals surface area contributed by atoms with Crippen LogP contribution in [0.1, 0.15) is 49.2 Å². The van der Waals surface area contributed by atoms with Crippen LogP contribution in [-0.2, 0) is 5.41 Å². The highest BCUT2D eigenvalue weighted by molar-refractivity contribution is 6.06. The van der Waals surface area contributed by atoms with E-state index in [1.807, 2.05) is 55.5 Å². The molecule has 0 atom stereocenters. The van der Waals surface area contributed by atoms with Crippen LogP contribution < -0.4 is 5.32 Å². The molecule has 0 heterocycles. The molecule has 0 bridgehead atoms. The number of aryl methyl sites for hydroxylation is 1. The summed E-state index contributed by atoms with van der Waals surface area (Å²) < 4.78 is 0. The zero-order chi connectivity index (χ0) is 17.0. The quantitative estimate of drug-likeness (QED) is 0.630. The molecule has 0 aliphatic carbocycles. The summed E-state index contributed by atoms with van der Waals surface area (Å²) >= 11 is 0. The third-order valence-electron chi connectivity index (χ3n) is 3.71. The molecule has 3 nitrogen and oxygen atoms in total. The van der Waals surface area contributed by atoms with E-state index in [0.29, 0.717) is 11.4 Å². The van der Waals surface area contributed by atoms with Gasteiger partial charge in [0.2, 0.25) is 0 Å². The Bertz CT molecular complexity index is 722. The highest BCUT2D eigenvalue weighted by atomic mass is 16.1. The minimum Gasteiger partial charge on any atom is -0.310 e. The Morgan fingerprint density at radius 1 is 1.00 bits per heavy atom. The van der Waals surface area contributed by atoms with Crippen molar-refractivity contribution in [2.45, 2.75) is 40.0 Å². The molecule has 0 saturated heterocycles. The predicted molar refractivity (Wildman–Crippen MR) is 96.6 cm³/mol. The van der Waals surface area contributed by atoms with Gasteiger partial charge in [0, 0.05) is 5.56 Å². The SMILES string of the molecule is CC(=Nc1ccccc1C)NC(=O)c1ccc(C(C)(C)C)cc1. The Labute approximate surface area is 138 Å². The molecule has 23 heavy (non-hydrogen) atoms. The van der Waals surface area contributed by atoms with Gasteiger partial charge in [0.25, 0.3) is 5.91 Å². The maximum atomic E-state index is 12.3. The van der Waals surface area contributed by atoms with Crippen molar-refractivity contribution >= 4 is 17.4 Å². The fraction of sp³-hybridized carbons (Fsp3) is 0.300. The Morgan fingerprint density at radius 2 is 1.61 bits per heavy atom. The average Bonchev–Trinajstić information content (AvgIpc) is 2.49. The number of rotatable bonds is 2. The molecule has 1 amide bonds. The molecule has 0 aromatic heterocycles. The van der Waals surface area contributed by atoms with Crippen LogP contribution in [0.5, 0.6) is 0 Å². The first kappa shape index (κ1) is 16.9. The van der Waals surface area contributed by atoms with E-state index >= 15 is 0 Å². The van der Waals surface area contributed by atoms with E-state index in [-0.39, 0.29) is 11.3 Å². The van der Waals surface area contributed by atoms with Crippen molar-refractivity contribution in [1.82, 2.24) is 5.32 Å². The number of carbonyl (C=O) groups is 1. The van der Waals surface area contributed by atoms with Crippen molar-refractivity contribution in [2.75, 3.05) is 0 Å². The van der Waals surface area contributed by atoms with E-state index in [1.54, 1.807) is 6.92 Å². The van der Waals surface area contributed by atoms with E-state index in [1.165, 1.54) is 5.56 Å². The minimum atomic E-state index is -0.139. The Kier molecular flexibility index (Phi) is 4.99. The number of para-hydroxylation sites is 1. The van der Waals surface area contributed by atoms with Crippen LogP contribution in [0.15, 0.2) is 53.5 Å². The summed E-state index contributed by atoms with van der Waals surface area (Å²) in [5.74, 6) is 0.449. The monoisotopic (exact) mass is 308 g/mol. The van der Waals surface area contributed by atoms with Crippen LogP contribution >= 0.6 is 0 Å². The Balaban J connectivity index is 2.11. The molecule has 120 valence electrons. The number of nitrogens with one attached hydrogen (secondary N) is 1. The van der Waals surface area contributed by atoms with Crippen LogP contribution in [0.25, 0.3) is 0 Å². The van der Waals surface area contributed by atoms with Gasteiger partial charge in [-0.3, -0.25) is 4.79 Å². The lowest BCUT2D eigenvalue weighted by atomic mass is 9.87. The zero-order valence-corrected chi connectivity index (χ0v) is 14.5. The van der Waals surface area contributed by atoms with Gasteiger partial charge in [0.05, 0.1) is 5.69 Å². The average molecular weight is 308 g/mol. The van der Waals surface area contributed by atoms with Crippen LogP contribution in [0.4, 0.5) is 5.69 Å². The second-order valence-electron chi connectivity index (χ2n) is 6.77. The predicted octanol–water partition coefficient (Wildman–Crippen LogP) is 4.77. The molecule has 3 heteroatoms. The summed E-state index contributed by atoms with van der Waals surface area (Å²) in [5, 5.41) is 2.84.